The molecule has 0 heterocycles. The van der Waals surface area contributed by atoms with Crippen molar-refractivity contribution in [1.82, 2.24) is 0 Å². The number of benzene rings is 1. The van der Waals surface area contributed by atoms with E-state index in [-0.39, 0.29) is 6.61 Å². The van der Waals surface area contributed by atoms with Gasteiger partial charge in [0.1, 0.15) is 0 Å². The molecule has 0 unspecified atom stereocenters. The standard InChI is InChI=1S/C12H15ClN2O2/c13-11-8-10(9-14)2-3-12(11)15-4-1-6-17-7-5-16/h2-3,8,15-16H,1,4-7H2. The summed E-state index contributed by atoms with van der Waals surface area (Å²) < 4.78 is 5.12. The summed E-state index contributed by atoms with van der Waals surface area (Å²) in [4.78, 5) is 0. The van der Waals surface area contributed by atoms with Crippen molar-refractivity contribution in [2.24, 2.45) is 0 Å². The number of aliphatic hydroxyl groups is 1. The highest BCUT2D eigenvalue weighted by molar-refractivity contribution is 6.33. The molecule has 4 nitrogen and oxygen atoms in total. The van der Waals surface area contributed by atoms with Crippen LogP contribution in [0.5, 0.6) is 0 Å². The quantitative estimate of drug-likeness (QED) is 0.731. The molecule has 1 aromatic rings. The van der Waals surface area contributed by atoms with Crippen LogP contribution in [0.2, 0.25) is 5.02 Å². The van der Waals surface area contributed by atoms with Gasteiger partial charge in [0.2, 0.25) is 0 Å². The first kappa shape index (κ1) is 13.8. The van der Waals surface area contributed by atoms with Crippen LogP contribution in [0.3, 0.4) is 0 Å². The van der Waals surface area contributed by atoms with Gasteiger partial charge in [-0.1, -0.05) is 11.6 Å². The van der Waals surface area contributed by atoms with Gasteiger partial charge in [-0.25, -0.2) is 0 Å². The summed E-state index contributed by atoms with van der Waals surface area (Å²) >= 11 is 5.99. The molecule has 0 aliphatic rings. The fraction of sp³-hybridized carbons (Fsp3) is 0.417. The maximum atomic E-state index is 8.68. The number of rotatable bonds is 7. The predicted octanol–water partition coefficient (Wildman–Crippen LogP) is 2.02. The molecule has 0 bridgehead atoms. The van der Waals surface area contributed by atoms with Crippen LogP contribution in [0.4, 0.5) is 5.69 Å². The van der Waals surface area contributed by atoms with E-state index in [9.17, 15) is 0 Å². The topological polar surface area (TPSA) is 65.3 Å². The zero-order valence-corrected chi connectivity index (χ0v) is 10.2. The number of hydrogen-bond acceptors (Lipinski definition) is 4. The van der Waals surface area contributed by atoms with E-state index in [0.29, 0.717) is 23.8 Å². The van der Waals surface area contributed by atoms with Crippen molar-refractivity contribution in [3.63, 3.8) is 0 Å². The first-order chi connectivity index (χ1) is 8.27. The van der Waals surface area contributed by atoms with Crippen molar-refractivity contribution in [2.45, 2.75) is 6.42 Å². The van der Waals surface area contributed by atoms with Crippen LogP contribution in [0.15, 0.2) is 18.2 Å². The lowest BCUT2D eigenvalue weighted by Crippen LogP contribution is -2.07. The Morgan fingerprint density at radius 3 is 2.88 bits per heavy atom. The normalized spacial score (nSPS) is 9.94. The zero-order valence-electron chi connectivity index (χ0n) is 9.45. The molecule has 0 spiro atoms. The number of anilines is 1. The monoisotopic (exact) mass is 254 g/mol. The maximum absolute atomic E-state index is 8.68. The molecule has 0 amide bonds. The average molecular weight is 255 g/mol. The second kappa shape index (κ2) is 7.91. The molecular formula is C12H15ClN2O2. The summed E-state index contributed by atoms with van der Waals surface area (Å²) in [5.74, 6) is 0. The lowest BCUT2D eigenvalue weighted by atomic mass is 10.2. The molecule has 92 valence electrons. The maximum Gasteiger partial charge on any atom is 0.0992 e. The van der Waals surface area contributed by atoms with Crippen LogP contribution >= 0.6 is 11.6 Å². The molecular weight excluding hydrogens is 240 g/mol. The van der Waals surface area contributed by atoms with E-state index in [0.717, 1.165) is 18.7 Å². The highest BCUT2D eigenvalue weighted by atomic mass is 35.5. The zero-order chi connectivity index (χ0) is 12.5. The van der Waals surface area contributed by atoms with Crippen molar-refractivity contribution in [2.75, 3.05) is 31.7 Å². The molecule has 0 fully saturated rings. The van der Waals surface area contributed by atoms with Gasteiger partial charge in [0.05, 0.1) is 35.6 Å². The van der Waals surface area contributed by atoms with Crippen LogP contribution in [-0.2, 0) is 4.74 Å². The van der Waals surface area contributed by atoms with Gasteiger partial charge in [-0.05, 0) is 24.6 Å². The van der Waals surface area contributed by atoms with E-state index in [1.54, 1.807) is 18.2 Å². The number of ether oxygens (including phenoxy) is 1. The molecule has 5 heteroatoms. The van der Waals surface area contributed by atoms with Crippen LogP contribution < -0.4 is 5.32 Å². The fourth-order valence-corrected chi connectivity index (χ4v) is 1.54. The minimum atomic E-state index is 0.0505. The summed E-state index contributed by atoms with van der Waals surface area (Å²) in [5.41, 5.74) is 1.36. The number of nitriles is 1. The molecule has 2 N–H and O–H groups in total. The Morgan fingerprint density at radius 2 is 2.24 bits per heavy atom. The molecule has 0 aromatic heterocycles. The summed E-state index contributed by atoms with van der Waals surface area (Å²) in [6.45, 7) is 1.75. The number of halogens is 1. The van der Waals surface area contributed by atoms with Gasteiger partial charge in [0.15, 0.2) is 0 Å². The van der Waals surface area contributed by atoms with Gasteiger partial charge < -0.3 is 15.2 Å². The Bertz CT molecular complexity index is 391. The Kier molecular flexibility index (Phi) is 6.41. The molecule has 1 aromatic carbocycles. The lowest BCUT2D eigenvalue weighted by molar-refractivity contribution is 0.0922. The molecule has 0 aliphatic heterocycles. The van der Waals surface area contributed by atoms with E-state index in [4.69, 9.17) is 26.7 Å². The minimum Gasteiger partial charge on any atom is -0.394 e. The summed E-state index contributed by atoms with van der Waals surface area (Å²) in [5, 5.41) is 20.9. The number of aliphatic hydroxyl groups excluding tert-OH is 1. The first-order valence-corrected chi connectivity index (χ1v) is 5.78. The lowest BCUT2D eigenvalue weighted by Gasteiger charge is -2.08. The molecule has 0 saturated heterocycles. The average Bonchev–Trinajstić information content (AvgIpc) is 2.35. The van der Waals surface area contributed by atoms with E-state index < -0.39 is 0 Å². The molecule has 0 radical (unpaired) electrons. The smallest absolute Gasteiger partial charge is 0.0992 e. The number of hydrogen-bond donors (Lipinski definition) is 2. The molecule has 1 rings (SSSR count). The number of nitrogens with one attached hydrogen (secondary N) is 1. The van der Waals surface area contributed by atoms with E-state index in [1.165, 1.54) is 0 Å². The summed E-state index contributed by atoms with van der Waals surface area (Å²) in [6, 6.07) is 7.17. The highest BCUT2D eigenvalue weighted by Crippen LogP contribution is 2.22. The third-order valence-electron chi connectivity index (χ3n) is 2.11. The molecule has 0 aliphatic carbocycles. The van der Waals surface area contributed by atoms with Gasteiger partial charge in [-0.15, -0.1) is 0 Å². The van der Waals surface area contributed by atoms with Gasteiger partial charge in [-0.3, -0.25) is 0 Å². The van der Waals surface area contributed by atoms with Gasteiger partial charge in [-0.2, -0.15) is 5.26 Å². The van der Waals surface area contributed by atoms with Crippen LogP contribution in [-0.4, -0.2) is 31.5 Å². The van der Waals surface area contributed by atoms with Crippen molar-refractivity contribution in [3.8, 4) is 6.07 Å². The SMILES string of the molecule is N#Cc1ccc(NCCCOCCO)c(Cl)c1. The molecule has 0 saturated carbocycles. The number of nitrogens with zero attached hydrogens (tertiary/aromatic N) is 1. The Hall–Kier alpha value is -1.28. The van der Waals surface area contributed by atoms with E-state index >= 15 is 0 Å². The van der Waals surface area contributed by atoms with Crippen LogP contribution in [0, 0.1) is 11.3 Å². The van der Waals surface area contributed by atoms with Gasteiger partial charge in [0.25, 0.3) is 0 Å². The first-order valence-electron chi connectivity index (χ1n) is 5.40. The Morgan fingerprint density at radius 1 is 1.41 bits per heavy atom. The largest absolute Gasteiger partial charge is 0.394 e. The van der Waals surface area contributed by atoms with Crippen LogP contribution in [0.25, 0.3) is 0 Å². The second-order valence-corrected chi connectivity index (χ2v) is 3.83. The summed E-state index contributed by atoms with van der Waals surface area (Å²) in [7, 11) is 0. The predicted molar refractivity (Wildman–Crippen MR) is 67.2 cm³/mol. The van der Waals surface area contributed by atoms with Gasteiger partial charge in [0, 0.05) is 13.2 Å². The van der Waals surface area contributed by atoms with Gasteiger partial charge >= 0.3 is 0 Å². The van der Waals surface area contributed by atoms with Crippen molar-refractivity contribution in [3.05, 3.63) is 28.8 Å². The third kappa shape index (κ3) is 5.05. The highest BCUT2D eigenvalue weighted by Gasteiger charge is 2.00. The van der Waals surface area contributed by atoms with Crippen LogP contribution in [0.1, 0.15) is 12.0 Å². The van der Waals surface area contributed by atoms with Crippen molar-refractivity contribution < 1.29 is 9.84 Å². The fourth-order valence-electron chi connectivity index (χ4n) is 1.29. The Balaban J connectivity index is 2.30. The molecule has 17 heavy (non-hydrogen) atoms. The summed E-state index contributed by atoms with van der Waals surface area (Å²) in [6.07, 6.45) is 0.830. The van der Waals surface area contributed by atoms with E-state index in [2.05, 4.69) is 5.32 Å². The van der Waals surface area contributed by atoms with E-state index in [1.807, 2.05) is 6.07 Å². The minimum absolute atomic E-state index is 0.0505. The Labute approximate surface area is 106 Å². The molecule has 0 atom stereocenters. The third-order valence-corrected chi connectivity index (χ3v) is 2.43. The van der Waals surface area contributed by atoms with Crippen molar-refractivity contribution in [1.29, 1.82) is 5.26 Å². The second-order valence-electron chi connectivity index (χ2n) is 3.42. The van der Waals surface area contributed by atoms with Crippen molar-refractivity contribution >= 4 is 17.3 Å².